The molecule has 0 aliphatic carbocycles. The van der Waals surface area contributed by atoms with Gasteiger partial charge in [-0.3, -0.25) is 4.79 Å². The first-order valence-corrected chi connectivity index (χ1v) is 8.21. The van der Waals surface area contributed by atoms with E-state index in [4.69, 9.17) is 9.47 Å². The van der Waals surface area contributed by atoms with E-state index in [0.29, 0.717) is 11.6 Å². The molecule has 0 spiro atoms. The minimum atomic E-state index is -0.494. The van der Waals surface area contributed by atoms with Crippen LogP contribution in [-0.2, 0) is 11.3 Å². The van der Waals surface area contributed by atoms with Gasteiger partial charge in [-0.25, -0.2) is 14.4 Å². The summed E-state index contributed by atoms with van der Waals surface area (Å²) in [5.74, 6) is 0.0729. The molecular formula is C18H20FN3O3. The van der Waals surface area contributed by atoms with Gasteiger partial charge in [0.15, 0.2) is 5.82 Å². The maximum absolute atomic E-state index is 13.4. The smallest absolute Gasteiger partial charge is 0.255 e. The quantitative estimate of drug-likeness (QED) is 0.902. The van der Waals surface area contributed by atoms with Gasteiger partial charge >= 0.3 is 0 Å². The molecule has 6 nitrogen and oxygen atoms in total. The van der Waals surface area contributed by atoms with Gasteiger partial charge in [-0.2, -0.15) is 0 Å². The number of rotatable bonds is 5. The van der Waals surface area contributed by atoms with E-state index in [1.54, 1.807) is 12.4 Å². The Morgan fingerprint density at radius 3 is 2.84 bits per heavy atom. The van der Waals surface area contributed by atoms with Crippen LogP contribution in [0.3, 0.4) is 0 Å². The van der Waals surface area contributed by atoms with E-state index >= 15 is 0 Å². The lowest BCUT2D eigenvalue weighted by Crippen LogP contribution is -2.24. The number of carbonyl (C=O) groups excluding carboxylic acids is 1. The largest absolute Gasteiger partial charge is 0.496 e. The predicted molar refractivity (Wildman–Crippen MR) is 88.7 cm³/mol. The summed E-state index contributed by atoms with van der Waals surface area (Å²) in [6, 6.07) is 3.82. The highest BCUT2D eigenvalue weighted by Crippen LogP contribution is 2.25. The molecular weight excluding hydrogens is 325 g/mol. The molecule has 1 aliphatic rings. The van der Waals surface area contributed by atoms with Gasteiger partial charge in [-0.1, -0.05) is 0 Å². The average molecular weight is 345 g/mol. The Morgan fingerprint density at radius 2 is 2.16 bits per heavy atom. The van der Waals surface area contributed by atoms with E-state index in [-0.39, 0.29) is 18.2 Å². The fraction of sp³-hybridized carbons (Fsp3) is 0.389. The number of methoxy groups -OCH3 is 1. The molecule has 2 heterocycles. The van der Waals surface area contributed by atoms with Crippen molar-refractivity contribution in [3.8, 4) is 5.75 Å². The Morgan fingerprint density at radius 1 is 1.36 bits per heavy atom. The third kappa shape index (κ3) is 4.30. The fourth-order valence-electron chi connectivity index (χ4n) is 2.70. The molecule has 1 atom stereocenters. The van der Waals surface area contributed by atoms with Gasteiger partial charge in [0.05, 0.1) is 12.7 Å². The summed E-state index contributed by atoms with van der Waals surface area (Å²) in [6.07, 6.45) is 6.40. The van der Waals surface area contributed by atoms with E-state index in [0.717, 1.165) is 37.5 Å². The van der Waals surface area contributed by atoms with Crippen molar-refractivity contribution in [2.24, 2.45) is 0 Å². The molecule has 0 unspecified atom stereocenters. The monoisotopic (exact) mass is 345 g/mol. The molecule has 0 bridgehead atoms. The van der Waals surface area contributed by atoms with Gasteiger partial charge in [0, 0.05) is 31.1 Å². The number of hydrogen-bond donors (Lipinski definition) is 1. The van der Waals surface area contributed by atoms with Crippen LogP contribution in [0, 0.1) is 5.82 Å². The van der Waals surface area contributed by atoms with Crippen LogP contribution in [0.2, 0.25) is 0 Å². The zero-order valence-electron chi connectivity index (χ0n) is 14.0. The second kappa shape index (κ2) is 8.02. The van der Waals surface area contributed by atoms with Gasteiger partial charge in [-0.15, -0.1) is 0 Å². The predicted octanol–water partition coefficient (Wildman–Crippen LogP) is 2.80. The molecule has 2 aromatic rings. The lowest BCUT2D eigenvalue weighted by atomic mass is 10.1. The van der Waals surface area contributed by atoms with Crippen molar-refractivity contribution in [3.05, 3.63) is 53.4 Å². The van der Waals surface area contributed by atoms with E-state index in [2.05, 4.69) is 15.3 Å². The van der Waals surface area contributed by atoms with Crippen molar-refractivity contribution < 1.29 is 18.7 Å². The molecule has 1 saturated heterocycles. The van der Waals surface area contributed by atoms with Crippen LogP contribution in [0.4, 0.5) is 4.39 Å². The summed E-state index contributed by atoms with van der Waals surface area (Å²) >= 11 is 0. The number of ether oxygens (including phenoxy) is 2. The standard InChI is InChI=1S/C18H20FN3O3/c1-24-15-6-5-13(19)8-14(15)18(23)22-11-12-9-20-17(21-10-12)16-4-2-3-7-25-16/h5-6,8-10,16H,2-4,7,11H2,1H3,(H,22,23)/t16-/m0/s1. The zero-order valence-corrected chi connectivity index (χ0v) is 14.0. The van der Waals surface area contributed by atoms with Crippen LogP contribution < -0.4 is 10.1 Å². The number of nitrogens with one attached hydrogen (secondary N) is 1. The number of amides is 1. The molecule has 25 heavy (non-hydrogen) atoms. The molecule has 3 rings (SSSR count). The number of halogens is 1. The van der Waals surface area contributed by atoms with Crippen molar-refractivity contribution in [2.75, 3.05) is 13.7 Å². The summed E-state index contributed by atoms with van der Waals surface area (Å²) in [5.41, 5.74) is 0.902. The Kier molecular flexibility index (Phi) is 5.55. The molecule has 132 valence electrons. The highest BCUT2D eigenvalue weighted by molar-refractivity contribution is 5.96. The molecule has 1 aromatic carbocycles. The van der Waals surface area contributed by atoms with Crippen LogP contribution in [0.1, 0.15) is 47.1 Å². The fourth-order valence-corrected chi connectivity index (χ4v) is 2.70. The minimum absolute atomic E-state index is 0.0473. The number of hydrogen-bond acceptors (Lipinski definition) is 5. The number of carbonyl (C=O) groups is 1. The van der Waals surface area contributed by atoms with Crippen molar-refractivity contribution in [3.63, 3.8) is 0 Å². The molecule has 1 aliphatic heterocycles. The van der Waals surface area contributed by atoms with Gasteiger partial charge in [0.2, 0.25) is 0 Å². The second-order valence-corrected chi connectivity index (χ2v) is 5.83. The van der Waals surface area contributed by atoms with E-state index in [1.165, 1.54) is 19.2 Å². The highest BCUT2D eigenvalue weighted by atomic mass is 19.1. The maximum Gasteiger partial charge on any atom is 0.255 e. The first-order chi connectivity index (χ1) is 12.2. The lowest BCUT2D eigenvalue weighted by molar-refractivity contribution is 0.00940. The number of benzene rings is 1. The first-order valence-electron chi connectivity index (χ1n) is 8.21. The van der Waals surface area contributed by atoms with Gasteiger partial charge in [0.25, 0.3) is 5.91 Å². The second-order valence-electron chi connectivity index (χ2n) is 5.83. The molecule has 1 fully saturated rings. The summed E-state index contributed by atoms with van der Waals surface area (Å²) in [6.45, 7) is 0.978. The van der Waals surface area contributed by atoms with Crippen LogP contribution in [0.15, 0.2) is 30.6 Å². The normalized spacial score (nSPS) is 17.1. The highest BCUT2D eigenvalue weighted by Gasteiger charge is 2.18. The van der Waals surface area contributed by atoms with Crippen molar-refractivity contribution >= 4 is 5.91 Å². The van der Waals surface area contributed by atoms with Gasteiger partial charge in [-0.05, 0) is 37.5 Å². The Labute approximate surface area is 145 Å². The Bertz CT molecular complexity index is 731. The molecule has 1 N–H and O–H groups in total. The van der Waals surface area contributed by atoms with Crippen LogP contribution in [0.5, 0.6) is 5.75 Å². The van der Waals surface area contributed by atoms with Crippen LogP contribution in [-0.4, -0.2) is 29.6 Å². The lowest BCUT2D eigenvalue weighted by Gasteiger charge is -2.21. The topological polar surface area (TPSA) is 73.3 Å². The Balaban J connectivity index is 1.61. The SMILES string of the molecule is COc1ccc(F)cc1C(=O)NCc1cnc([C@@H]2CCCCO2)nc1. The van der Waals surface area contributed by atoms with Crippen molar-refractivity contribution in [1.29, 1.82) is 0 Å². The number of aromatic nitrogens is 2. The van der Waals surface area contributed by atoms with Crippen molar-refractivity contribution in [2.45, 2.75) is 31.9 Å². The first kappa shape index (κ1) is 17.3. The molecule has 0 radical (unpaired) electrons. The summed E-state index contributed by atoms with van der Waals surface area (Å²) in [4.78, 5) is 20.9. The minimum Gasteiger partial charge on any atom is -0.496 e. The molecule has 7 heteroatoms. The molecule has 0 saturated carbocycles. The molecule has 1 amide bonds. The van der Waals surface area contributed by atoms with E-state index in [9.17, 15) is 9.18 Å². The zero-order chi connectivity index (χ0) is 17.6. The summed E-state index contributed by atoms with van der Waals surface area (Å²) in [5, 5.41) is 2.72. The Hall–Kier alpha value is -2.54. The summed E-state index contributed by atoms with van der Waals surface area (Å²) in [7, 11) is 1.43. The van der Waals surface area contributed by atoms with Crippen LogP contribution >= 0.6 is 0 Å². The maximum atomic E-state index is 13.4. The number of nitrogens with zero attached hydrogens (tertiary/aromatic N) is 2. The van der Waals surface area contributed by atoms with E-state index < -0.39 is 11.7 Å². The van der Waals surface area contributed by atoms with Crippen molar-refractivity contribution in [1.82, 2.24) is 15.3 Å². The average Bonchev–Trinajstić information content (AvgIpc) is 2.67. The van der Waals surface area contributed by atoms with Gasteiger partial charge < -0.3 is 14.8 Å². The van der Waals surface area contributed by atoms with Gasteiger partial charge in [0.1, 0.15) is 17.7 Å². The van der Waals surface area contributed by atoms with Crippen LogP contribution in [0.25, 0.3) is 0 Å². The molecule has 1 aromatic heterocycles. The summed E-state index contributed by atoms with van der Waals surface area (Å²) < 4.78 is 24.1. The third-order valence-corrected chi connectivity index (χ3v) is 4.05. The van der Waals surface area contributed by atoms with E-state index in [1.807, 2.05) is 0 Å². The third-order valence-electron chi connectivity index (χ3n) is 4.05.